The lowest BCUT2D eigenvalue weighted by molar-refractivity contribution is 0.0687. The smallest absolute Gasteiger partial charge is 0.354 e. The summed E-state index contributed by atoms with van der Waals surface area (Å²) in [7, 11) is 1.67. The lowest BCUT2D eigenvalue weighted by Crippen LogP contribution is -2.04. The Balaban J connectivity index is 2.16. The lowest BCUT2D eigenvalue weighted by atomic mass is 10.2. The molecular weight excluding hydrogens is 266 g/mol. The fraction of sp³-hybridized carbons (Fsp3) is 0.0769. The Hall–Kier alpha value is -2.27. The van der Waals surface area contributed by atoms with Crippen molar-refractivity contribution in [1.82, 2.24) is 14.0 Å². The molecule has 6 heteroatoms. The molecule has 0 unspecified atom stereocenters. The quantitative estimate of drug-likeness (QED) is 0.782. The van der Waals surface area contributed by atoms with Crippen LogP contribution in [-0.4, -0.2) is 25.0 Å². The molecule has 5 nitrogen and oxygen atoms in total. The molecule has 0 aliphatic rings. The van der Waals surface area contributed by atoms with Crippen molar-refractivity contribution in [1.29, 1.82) is 0 Å². The molecule has 1 aromatic carbocycles. The molecule has 19 heavy (non-hydrogen) atoms. The Morgan fingerprint density at radius 3 is 2.79 bits per heavy atom. The highest BCUT2D eigenvalue weighted by atomic mass is 35.5. The number of hydrogen-bond donors (Lipinski definition) is 1. The van der Waals surface area contributed by atoms with E-state index in [0.29, 0.717) is 10.8 Å². The van der Waals surface area contributed by atoms with Crippen LogP contribution in [0.5, 0.6) is 0 Å². The molecule has 0 bridgehead atoms. The summed E-state index contributed by atoms with van der Waals surface area (Å²) in [6.45, 7) is 0. The number of hydrogen-bond acceptors (Lipinski definition) is 2. The fourth-order valence-corrected chi connectivity index (χ4v) is 2.23. The van der Waals surface area contributed by atoms with Crippen molar-refractivity contribution in [2.24, 2.45) is 7.05 Å². The number of imidazole rings is 2. The topological polar surface area (TPSA) is 59.5 Å². The molecule has 0 amide bonds. The second-order valence-electron chi connectivity index (χ2n) is 4.22. The summed E-state index contributed by atoms with van der Waals surface area (Å²) >= 11 is 5.95. The molecule has 0 aliphatic heterocycles. The third kappa shape index (κ3) is 1.88. The number of nitrogens with zero attached hydrogens (tertiary/aromatic N) is 3. The summed E-state index contributed by atoms with van der Waals surface area (Å²) in [5.41, 5.74) is 1.85. The van der Waals surface area contributed by atoms with E-state index < -0.39 is 5.97 Å². The van der Waals surface area contributed by atoms with E-state index in [1.807, 2.05) is 18.2 Å². The highest BCUT2D eigenvalue weighted by molar-refractivity contribution is 6.30. The van der Waals surface area contributed by atoms with E-state index >= 15 is 0 Å². The van der Waals surface area contributed by atoms with Crippen molar-refractivity contribution in [2.75, 3.05) is 0 Å². The minimum absolute atomic E-state index is 0.195. The summed E-state index contributed by atoms with van der Waals surface area (Å²) in [4.78, 5) is 15.4. The average Bonchev–Trinajstić information content (AvgIpc) is 2.89. The normalized spacial score (nSPS) is 11.1. The van der Waals surface area contributed by atoms with Crippen LogP contribution in [0.2, 0.25) is 5.02 Å². The first-order valence-corrected chi connectivity index (χ1v) is 5.98. The standard InChI is InChI=1S/C13H10ClN3O2/c1-16-11(12(18)19)7-17-6-10(15-13(16)17)8-3-2-4-9(14)5-8/h2-7H,1H3,(H,18,19). The van der Waals surface area contributed by atoms with Crippen LogP contribution in [0, 0.1) is 0 Å². The monoisotopic (exact) mass is 275 g/mol. The van der Waals surface area contributed by atoms with E-state index in [-0.39, 0.29) is 5.69 Å². The summed E-state index contributed by atoms with van der Waals surface area (Å²) in [5.74, 6) is -0.398. The summed E-state index contributed by atoms with van der Waals surface area (Å²) in [6.07, 6.45) is 3.33. The van der Waals surface area contributed by atoms with Crippen LogP contribution in [0.1, 0.15) is 10.5 Å². The number of aryl methyl sites for hydroxylation is 1. The zero-order valence-corrected chi connectivity index (χ0v) is 10.8. The number of halogens is 1. The molecule has 1 N–H and O–H groups in total. The molecule has 0 aliphatic carbocycles. The summed E-state index contributed by atoms with van der Waals surface area (Å²) in [6, 6.07) is 7.38. The Kier molecular flexibility index (Phi) is 2.57. The molecule has 96 valence electrons. The van der Waals surface area contributed by atoms with Crippen molar-refractivity contribution in [2.45, 2.75) is 0 Å². The Morgan fingerprint density at radius 1 is 1.37 bits per heavy atom. The number of fused-ring (bicyclic) bond motifs is 1. The van der Waals surface area contributed by atoms with Crippen molar-refractivity contribution >= 4 is 23.3 Å². The van der Waals surface area contributed by atoms with Gasteiger partial charge >= 0.3 is 5.97 Å². The first-order valence-electron chi connectivity index (χ1n) is 5.60. The molecule has 2 heterocycles. The van der Waals surface area contributed by atoms with Gasteiger partial charge in [-0.2, -0.15) is 0 Å². The van der Waals surface area contributed by atoms with Gasteiger partial charge in [-0.1, -0.05) is 23.7 Å². The van der Waals surface area contributed by atoms with Crippen LogP contribution in [-0.2, 0) is 7.05 Å². The number of carboxylic acids is 1. The van der Waals surface area contributed by atoms with E-state index in [9.17, 15) is 4.79 Å². The molecule has 0 radical (unpaired) electrons. The van der Waals surface area contributed by atoms with Gasteiger partial charge in [-0.25, -0.2) is 9.78 Å². The van der Waals surface area contributed by atoms with Gasteiger partial charge in [0.15, 0.2) is 0 Å². The van der Waals surface area contributed by atoms with Crippen LogP contribution in [0.15, 0.2) is 36.7 Å². The molecule has 0 saturated carbocycles. The fourth-order valence-electron chi connectivity index (χ4n) is 2.04. The van der Waals surface area contributed by atoms with Crippen molar-refractivity contribution in [3.8, 4) is 11.3 Å². The second kappa shape index (κ2) is 4.13. The molecule has 3 aromatic rings. The van der Waals surface area contributed by atoms with Gasteiger partial charge in [0.25, 0.3) is 0 Å². The molecule has 2 aromatic heterocycles. The molecule has 0 atom stereocenters. The van der Waals surface area contributed by atoms with Crippen LogP contribution >= 0.6 is 11.6 Å². The van der Waals surface area contributed by atoms with E-state index in [1.54, 1.807) is 29.9 Å². The number of aromatic carboxylic acids is 1. The maximum Gasteiger partial charge on any atom is 0.354 e. The second-order valence-corrected chi connectivity index (χ2v) is 4.66. The SMILES string of the molecule is Cn1c(C(=O)O)cn2cc(-c3cccc(Cl)c3)nc12. The van der Waals surface area contributed by atoms with Gasteiger partial charge in [0.05, 0.1) is 5.69 Å². The van der Waals surface area contributed by atoms with Gasteiger partial charge in [0, 0.05) is 30.0 Å². The Labute approximate surface area is 113 Å². The predicted octanol–water partition coefficient (Wildman–Crippen LogP) is 2.69. The van der Waals surface area contributed by atoms with Crippen molar-refractivity contribution in [3.63, 3.8) is 0 Å². The third-order valence-electron chi connectivity index (χ3n) is 2.97. The van der Waals surface area contributed by atoms with Gasteiger partial charge in [-0.05, 0) is 12.1 Å². The molecule has 0 fully saturated rings. The van der Waals surface area contributed by atoms with E-state index in [2.05, 4.69) is 4.98 Å². The zero-order chi connectivity index (χ0) is 13.6. The highest BCUT2D eigenvalue weighted by Crippen LogP contribution is 2.23. The van der Waals surface area contributed by atoms with Crippen LogP contribution in [0.25, 0.3) is 17.0 Å². The molecule has 0 saturated heterocycles. The van der Waals surface area contributed by atoms with E-state index in [1.165, 1.54) is 4.57 Å². The maximum atomic E-state index is 11.0. The van der Waals surface area contributed by atoms with Gasteiger partial charge in [0.1, 0.15) is 5.69 Å². The van der Waals surface area contributed by atoms with Gasteiger partial charge < -0.3 is 9.67 Å². The number of rotatable bonds is 2. The zero-order valence-electron chi connectivity index (χ0n) is 10.0. The van der Waals surface area contributed by atoms with Gasteiger partial charge in [-0.15, -0.1) is 0 Å². The summed E-state index contributed by atoms with van der Waals surface area (Å²) < 4.78 is 3.23. The summed E-state index contributed by atoms with van der Waals surface area (Å²) in [5, 5.41) is 9.67. The van der Waals surface area contributed by atoms with Crippen molar-refractivity contribution < 1.29 is 9.90 Å². The number of aromatic nitrogens is 3. The van der Waals surface area contributed by atoms with E-state index in [0.717, 1.165) is 11.3 Å². The lowest BCUT2D eigenvalue weighted by Gasteiger charge is -1.97. The minimum atomic E-state index is -0.975. The number of carboxylic acid groups (broad SMARTS) is 1. The van der Waals surface area contributed by atoms with Gasteiger partial charge in [0.2, 0.25) is 5.78 Å². The first kappa shape index (κ1) is 11.8. The Morgan fingerprint density at radius 2 is 2.16 bits per heavy atom. The number of carbonyl (C=O) groups is 1. The van der Waals surface area contributed by atoms with Crippen LogP contribution < -0.4 is 0 Å². The van der Waals surface area contributed by atoms with Crippen molar-refractivity contribution in [3.05, 3.63) is 47.4 Å². The maximum absolute atomic E-state index is 11.0. The van der Waals surface area contributed by atoms with Crippen LogP contribution in [0.3, 0.4) is 0 Å². The largest absolute Gasteiger partial charge is 0.477 e. The molecule has 3 rings (SSSR count). The minimum Gasteiger partial charge on any atom is -0.477 e. The number of benzene rings is 1. The van der Waals surface area contributed by atoms with E-state index in [4.69, 9.17) is 16.7 Å². The highest BCUT2D eigenvalue weighted by Gasteiger charge is 2.15. The third-order valence-corrected chi connectivity index (χ3v) is 3.21. The van der Waals surface area contributed by atoms with Gasteiger partial charge in [-0.3, -0.25) is 4.40 Å². The Bertz CT molecular complexity index is 788. The first-order chi connectivity index (χ1) is 9.06. The molecule has 0 spiro atoms. The predicted molar refractivity (Wildman–Crippen MR) is 71.6 cm³/mol. The average molecular weight is 276 g/mol. The molecular formula is C13H10ClN3O2. The van der Waals surface area contributed by atoms with Crippen LogP contribution in [0.4, 0.5) is 0 Å².